The van der Waals surface area contributed by atoms with Gasteiger partial charge in [0.2, 0.25) is 5.91 Å². The van der Waals surface area contributed by atoms with Crippen molar-refractivity contribution in [2.75, 3.05) is 39.9 Å². The summed E-state index contributed by atoms with van der Waals surface area (Å²) in [4.78, 5) is 13.9. The van der Waals surface area contributed by atoms with Crippen LogP contribution in [0.4, 0.5) is 0 Å². The molecule has 0 aliphatic carbocycles. The van der Waals surface area contributed by atoms with Crippen molar-refractivity contribution in [2.24, 2.45) is 11.7 Å². The predicted molar refractivity (Wildman–Crippen MR) is 72.3 cm³/mol. The van der Waals surface area contributed by atoms with E-state index in [2.05, 4.69) is 10.2 Å². The Morgan fingerprint density at radius 2 is 2.33 bits per heavy atom. The molecule has 0 aromatic heterocycles. The molecule has 0 bridgehead atoms. The lowest BCUT2D eigenvalue weighted by molar-refractivity contribution is -0.124. The maximum atomic E-state index is 11.5. The van der Waals surface area contributed by atoms with E-state index in [0.29, 0.717) is 5.92 Å². The molecule has 1 aliphatic heterocycles. The Morgan fingerprint density at radius 3 is 2.89 bits per heavy atom. The number of likely N-dealkylation sites (tertiary alicyclic amines) is 1. The number of nitrogens with one attached hydrogen (secondary N) is 1. The average Bonchev–Trinajstić information content (AvgIpc) is 2.75. The maximum absolute atomic E-state index is 11.5. The molecule has 0 aromatic rings. The number of methoxy groups -OCH3 is 1. The van der Waals surface area contributed by atoms with Crippen LogP contribution in [0, 0.1) is 5.92 Å². The number of nitrogens with zero attached hydrogens (tertiary/aromatic N) is 1. The second kappa shape index (κ2) is 7.07. The molecule has 0 spiro atoms. The number of carbonyl (C=O) groups excluding carboxylic acids is 1. The van der Waals surface area contributed by atoms with Crippen molar-refractivity contribution in [3.05, 3.63) is 0 Å². The fourth-order valence-electron chi connectivity index (χ4n) is 2.56. The third-order valence-electron chi connectivity index (χ3n) is 3.81. The van der Waals surface area contributed by atoms with Crippen LogP contribution < -0.4 is 11.1 Å². The van der Waals surface area contributed by atoms with E-state index in [9.17, 15) is 4.79 Å². The van der Waals surface area contributed by atoms with Gasteiger partial charge >= 0.3 is 0 Å². The fraction of sp³-hybridized carbons (Fsp3) is 0.923. The summed E-state index contributed by atoms with van der Waals surface area (Å²) in [7, 11) is 1.75. The maximum Gasteiger partial charge on any atom is 0.237 e. The number of rotatable bonds is 8. The van der Waals surface area contributed by atoms with Crippen LogP contribution in [-0.2, 0) is 9.53 Å². The Labute approximate surface area is 110 Å². The Balaban J connectivity index is 2.37. The van der Waals surface area contributed by atoms with Crippen LogP contribution in [0.1, 0.15) is 26.7 Å². The first-order valence-electron chi connectivity index (χ1n) is 6.78. The SMILES string of the molecule is CCNC(C)(CCN1CCC(COC)C1)C(N)=O. The number of primary amides is 1. The van der Waals surface area contributed by atoms with Crippen LogP contribution in [0.5, 0.6) is 0 Å². The highest BCUT2D eigenvalue weighted by Crippen LogP contribution is 2.18. The van der Waals surface area contributed by atoms with Gasteiger partial charge in [-0.05, 0) is 38.8 Å². The van der Waals surface area contributed by atoms with E-state index in [1.165, 1.54) is 6.42 Å². The minimum Gasteiger partial charge on any atom is -0.384 e. The van der Waals surface area contributed by atoms with Gasteiger partial charge in [0.1, 0.15) is 0 Å². The van der Waals surface area contributed by atoms with Gasteiger partial charge in [0.25, 0.3) is 0 Å². The highest BCUT2D eigenvalue weighted by Gasteiger charge is 2.31. The van der Waals surface area contributed by atoms with Crippen molar-refractivity contribution in [3.63, 3.8) is 0 Å². The minimum atomic E-state index is -0.589. The molecule has 5 heteroatoms. The van der Waals surface area contributed by atoms with E-state index in [1.807, 2.05) is 13.8 Å². The second-order valence-corrected chi connectivity index (χ2v) is 5.39. The van der Waals surface area contributed by atoms with Crippen molar-refractivity contribution in [3.8, 4) is 0 Å². The zero-order chi connectivity index (χ0) is 13.6. The van der Waals surface area contributed by atoms with Crippen LogP contribution in [0.25, 0.3) is 0 Å². The van der Waals surface area contributed by atoms with Gasteiger partial charge in [-0.25, -0.2) is 0 Å². The number of nitrogens with two attached hydrogens (primary N) is 1. The number of carbonyl (C=O) groups is 1. The molecule has 2 unspecified atom stereocenters. The van der Waals surface area contributed by atoms with E-state index in [-0.39, 0.29) is 5.91 Å². The number of ether oxygens (including phenoxy) is 1. The summed E-state index contributed by atoms with van der Waals surface area (Å²) in [6, 6.07) is 0. The molecule has 2 atom stereocenters. The molecule has 5 nitrogen and oxygen atoms in total. The van der Waals surface area contributed by atoms with Crippen molar-refractivity contribution >= 4 is 5.91 Å². The molecule has 0 saturated carbocycles. The van der Waals surface area contributed by atoms with Crippen LogP contribution in [0.2, 0.25) is 0 Å². The summed E-state index contributed by atoms with van der Waals surface area (Å²) >= 11 is 0. The molecule has 1 fully saturated rings. The highest BCUT2D eigenvalue weighted by molar-refractivity contribution is 5.84. The predicted octanol–water partition coefficient (Wildman–Crippen LogP) is 0.198. The zero-order valence-corrected chi connectivity index (χ0v) is 11.9. The first-order valence-corrected chi connectivity index (χ1v) is 6.78. The first-order chi connectivity index (χ1) is 8.51. The van der Waals surface area contributed by atoms with E-state index in [1.54, 1.807) is 7.11 Å². The minimum absolute atomic E-state index is 0.267. The Morgan fingerprint density at radius 1 is 1.61 bits per heavy atom. The van der Waals surface area contributed by atoms with Gasteiger partial charge in [0.05, 0.1) is 12.1 Å². The van der Waals surface area contributed by atoms with Crippen LogP contribution in [0.3, 0.4) is 0 Å². The molecule has 1 rings (SSSR count). The van der Waals surface area contributed by atoms with Crippen molar-refractivity contribution in [1.82, 2.24) is 10.2 Å². The zero-order valence-electron chi connectivity index (χ0n) is 11.9. The molecular formula is C13H27N3O2. The van der Waals surface area contributed by atoms with Crippen molar-refractivity contribution < 1.29 is 9.53 Å². The molecule has 106 valence electrons. The van der Waals surface area contributed by atoms with Crippen molar-refractivity contribution in [1.29, 1.82) is 0 Å². The van der Waals surface area contributed by atoms with Gasteiger partial charge in [0, 0.05) is 20.2 Å². The first kappa shape index (κ1) is 15.4. The van der Waals surface area contributed by atoms with E-state index in [4.69, 9.17) is 10.5 Å². The molecule has 0 radical (unpaired) electrons. The van der Waals surface area contributed by atoms with Gasteiger partial charge < -0.3 is 20.7 Å². The van der Waals surface area contributed by atoms with Crippen molar-refractivity contribution in [2.45, 2.75) is 32.2 Å². The normalized spacial score (nSPS) is 24.1. The van der Waals surface area contributed by atoms with E-state index in [0.717, 1.165) is 39.2 Å². The molecular weight excluding hydrogens is 230 g/mol. The van der Waals surface area contributed by atoms with E-state index < -0.39 is 5.54 Å². The average molecular weight is 257 g/mol. The van der Waals surface area contributed by atoms with Crippen LogP contribution in [-0.4, -0.2) is 56.2 Å². The fourth-order valence-corrected chi connectivity index (χ4v) is 2.56. The lowest BCUT2D eigenvalue weighted by Crippen LogP contribution is -2.54. The number of hydrogen-bond donors (Lipinski definition) is 2. The van der Waals surface area contributed by atoms with E-state index >= 15 is 0 Å². The molecule has 3 N–H and O–H groups in total. The van der Waals surface area contributed by atoms with Crippen LogP contribution in [0.15, 0.2) is 0 Å². The highest BCUT2D eigenvalue weighted by atomic mass is 16.5. The van der Waals surface area contributed by atoms with Crippen LogP contribution >= 0.6 is 0 Å². The monoisotopic (exact) mass is 257 g/mol. The molecule has 1 aliphatic rings. The third kappa shape index (κ3) is 4.23. The van der Waals surface area contributed by atoms with Gasteiger partial charge in [0.15, 0.2) is 0 Å². The smallest absolute Gasteiger partial charge is 0.237 e. The number of hydrogen-bond acceptors (Lipinski definition) is 4. The summed E-state index contributed by atoms with van der Waals surface area (Å²) in [5.41, 5.74) is 4.89. The third-order valence-corrected chi connectivity index (χ3v) is 3.81. The van der Waals surface area contributed by atoms with Gasteiger partial charge in [-0.3, -0.25) is 4.79 Å². The molecule has 18 heavy (non-hydrogen) atoms. The van der Waals surface area contributed by atoms with Gasteiger partial charge in [-0.1, -0.05) is 6.92 Å². The summed E-state index contributed by atoms with van der Waals surface area (Å²) in [5.74, 6) is 0.367. The summed E-state index contributed by atoms with van der Waals surface area (Å²) in [6.45, 7) is 8.53. The standard InChI is InChI=1S/C13H27N3O2/c1-4-15-13(2,12(14)17)6-8-16-7-5-11(9-16)10-18-3/h11,15H,4-10H2,1-3H3,(H2,14,17). The molecule has 1 heterocycles. The quantitative estimate of drug-likeness (QED) is 0.652. The molecule has 1 saturated heterocycles. The summed E-state index contributed by atoms with van der Waals surface area (Å²) < 4.78 is 5.18. The Bertz CT molecular complexity index is 273. The summed E-state index contributed by atoms with van der Waals surface area (Å²) in [5, 5.41) is 3.19. The lowest BCUT2D eigenvalue weighted by atomic mass is 9.96. The molecule has 0 aromatic carbocycles. The largest absolute Gasteiger partial charge is 0.384 e. The number of amides is 1. The Hall–Kier alpha value is -0.650. The summed E-state index contributed by atoms with van der Waals surface area (Å²) in [6.07, 6.45) is 1.94. The lowest BCUT2D eigenvalue weighted by Gasteiger charge is -2.29. The van der Waals surface area contributed by atoms with Gasteiger partial charge in [-0.15, -0.1) is 0 Å². The van der Waals surface area contributed by atoms with Gasteiger partial charge in [-0.2, -0.15) is 0 Å². The molecule has 1 amide bonds. The Kier molecular flexibility index (Phi) is 6.05. The number of likely N-dealkylation sites (N-methyl/N-ethyl adjacent to an activating group) is 1. The topological polar surface area (TPSA) is 67.6 Å². The second-order valence-electron chi connectivity index (χ2n) is 5.39.